The summed E-state index contributed by atoms with van der Waals surface area (Å²) in [4.78, 5) is 9.59. The van der Waals surface area contributed by atoms with Crippen molar-refractivity contribution < 1.29 is 0 Å². The number of nitrogens with zero attached hydrogens (tertiary/aromatic N) is 2. The minimum absolute atomic E-state index is 0.667. The van der Waals surface area contributed by atoms with Gasteiger partial charge in [0.05, 0.1) is 49.0 Å². The van der Waals surface area contributed by atoms with Crippen LogP contribution in [0.15, 0.2) is 84.9 Å². The summed E-state index contributed by atoms with van der Waals surface area (Å²) in [5.41, 5.74) is 8.24. The Morgan fingerprint density at radius 2 is 0.688 bits per heavy atom. The van der Waals surface area contributed by atoms with Crippen molar-refractivity contribution in [3.8, 4) is 0 Å². The van der Waals surface area contributed by atoms with E-state index in [2.05, 4.69) is 69.8 Å². The van der Waals surface area contributed by atoms with Crippen molar-refractivity contribution in [3.05, 3.63) is 108 Å². The van der Waals surface area contributed by atoms with Gasteiger partial charge in [0.25, 0.3) is 0 Å². The summed E-state index contributed by atoms with van der Waals surface area (Å²) in [5, 5.41) is 13.9. The summed E-state index contributed by atoms with van der Waals surface area (Å²) in [6, 6.07) is 28.9. The number of benzene rings is 2. The van der Waals surface area contributed by atoms with Gasteiger partial charge in [-0.2, -0.15) is 0 Å². The Morgan fingerprint density at radius 3 is 1.00 bits per heavy atom. The zero-order valence-electron chi connectivity index (χ0n) is 17.8. The van der Waals surface area contributed by atoms with Gasteiger partial charge in [-0.25, -0.2) is 0 Å². The third-order valence-electron chi connectivity index (χ3n) is 5.35. The lowest BCUT2D eigenvalue weighted by molar-refractivity contribution is 0.960. The molecule has 0 spiro atoms. The van der Waals surface area contributed by atoms with E-state index in [0.717, 1.165) is 45.5 Å². The van der Waals surface area contributed by atoms with E-state index in [1.807, 2.05) is 36.4 Å². The summed E-state index contributed by atoms with van der Waals surface area (Å²) >= 11 is 0. The molecule has 1 aliphatic rings. The van der Waals surface area contributed by atoms with Crippen LogP contribution in [0.25, 0.3) is 0 Å². The maximum atomic E-state index is 4.79. The van der Waals surface area contributed by atoms with Gasteiger partial charge in [-0.05, 0) is 60.7 Å². The lowest BCUT2D eigenvalue weighted by Gasteiger charge is -2.13. The number of aromatic nitrogens is 2. The normalized spacial score (nSPS) is 13.5. The molecular formula is C26H26N6. The Hall–Kier alpha value is -4.06. The monoisotopic (exact) mass is 422 g/mol. The molecule has 4 aromatic rings. The van der Waals surface area contributed by atoms with E-state index in [9.17, 15) is 0 Å². The second-order valence-electron chi connectivity index (χ2n) is 7.82. The van der Waals surface area contributed by atoms with Crippen molar-refractivity contribution in [2.45, 2.75) is 26.2 Å². The van der Waals surface area contributed by atoms with Crippen LogP contribution in [0.5, 0.6) is 0 Å². The summed E-state index contributed by atoms with van der Waals surface area (Å²) in [5.74, 6) is 0. The van der Waals surface area contributed by atoms with Crippen LogP contribution in [0.2, 0.25) is 0 Å². The van der Waals surface area contributed by atoms with Crippen LogP contribution in [0.3, 0.4) is 0 Å². The fourth-order valence-electron chi connectivity index (χ4n) is 3.70. The Kier molecular flexibility index (Phi) is 5.83. The molecular weight excluding hydrogens is 396 g/mol. The second kappa shape index (κ2) is 9.39. The highest BCUT2D eigenvalue weighted by Crippen LogP contribution is 2.19. The lowest BCUT2D eigenvalue weighted by Crippen LogP contribution is -2.08. The average molecular weight is 423 g/mol. The molecule has 4 N–H and O–H groups in total. The number of pyridine rings is 2. The van der Waals surface area contributed by atoms with E-state index in [1.165, 1.54) is 0 Å². The largest absolute Gasteiger partial charge is 0.379 e. The summed E-state index contributed by atoms with van der Waals surface area (Å²) < 4.78 is 0. The lowest BCUT2D eigenvalue weighted by atomic mass is 10.2. The Labute approximate surface area is 188 Å². The SMILES string of the molecule is c1cc2cc(c1)NCc1cccc(n1)CNc1cccc(c1)NCc1cccc(n1)CN2. The maximum absolute atomic E-state index is 4.79. The van der Waals surface area contributed by atoms with E-state index in [1.54, 1.807) is 0 Å². The van der Waals surface area contributed by atoms with E-state index >= 15 is 0 Å². The quantitative estimate of drug-likeness (QED) is 0.311. The van der Waals surface area contributed by atoms with Gasteiger partial charge in [0.2, 0.25) is 0 Å². The van der Waals surface area contributed by atoms with Crippen molar-refractivity contribution >= 4 is 22.7 Å². The minimum atomic E-state index is 0.667. The molecule has 0 fully saturated rings. The number of anilines is 4. The molecule has 0 unspecified atom stereocenters. The maximum Gasteiger partial charge on any atom is 0.0598 e. The first kappa shape index (κ1) is 19.9. The predicted molar refractivity (Wildman–Crippen MR) is 131 cm³/mol. The summed E-state index contributed by atoms with van der Waals surface area (Å²) in [6.07, 6.45) is 0. The highest BCUT2D eigenvalue weighted by Gasteiger charge is 2.04. The number of fused-ring (bicyclic) bond motifs is 8. The molecule has 8 bridgehead atoms. The summed E-state index contributed by atoms with van der Waals surface area (Å²) in [7, 11) is 0. The van der Waals surface area contributed by atoms with Crippen LogP contribution < -0.4 is 21.3 Å². The van der Waals surface area contributed by atoms with Gasteiger partial charge in [-0.3, -0.25) is 9.97 Å². The fourth-order valence-corrected chi connectivity index (χ4v) is 3.70. The molecule has 0 radical (unpaired) electrons. The van der Waals surface area contributed by atoms with Crippen molar-refractivity contribution in [3.63, 3.8) is 0 Å². The predicted octanol–water partition coefficient (Wildman–Crippen LogP) is 5.24. The van der Waals surface area contributed by atoms with E-state index < -0.39 is 0 Å². The molecule has 0 amide bonds. The fraction of sp³-hybridized carbons (Fsp3) is 0.154. The first-order valence-electron chi connectivity index (χ1n) is 10.9. The van der Waals surface area contributed by atoms with Crippen molar-refractivity contribution in [2.24, 2.45) is 0 Å². The van der Waals surface area contributed by atoms with Gasteiger partial charge in [-0.15, -0.1) is 0 Å². The molecule has 0 saturated heterocycles. The Bertz CT molecular complexity index is 939. The molecule has 5 rings (SSSR count). The van der Waals surface area contributed by atoms with E-state index in [-0.39, 0.29) is 0 Å². The minimum Gasteiger partial charge on any atom is -0.379 e. The Balaban J connectivity index is 1.42. The average Bonchev–Trinajstić information content (AvgIpc) is 2.84. The summed E-state index contributed by atoms with van der Waals surface area (Å²) in [6.45, 7) is 2.67. The molecule has 6 heteroatoms. The molecule has 160 valence electrons. The standard InChI is InChI=1S/C26H26N6/c1-5-19-13-20(6-1)28-16-24-10-4-12-26(32-24)18-30-22-8-2-7-21(14-22)29-17-25-11-3-9-23(31-25)15-27-19/h1-14,27-30H,15-18H2. The zero-order valence-corrected chi connectivity index (χ0v) is 17.8. The molecule has 0 atom stereocenters. The van der Waals surface area contributed by atoms with Gasteiger partial charge in [0, 0.05) is 22.7 Å². The van der Waals surface area contributed by atoms with Gasteiger partial charge in [0.15, 0.2) is 0 Å². The van der Waals surface area contributed by atoms with Gasteiger partial charge in [-0.1, -0.05) is 24.3 Å². The Morgan fingerprint density at radius 1 is 0.406 bits per heavy atom. The molecule has 0 saturated carbocycles. The molecule has 6 nitrogen and oxygen atoms in total. The van der Waals surface area contributed by atoms with Crippen LogP contribution in [0.1, 0.15) is 22.8 Å². The molecule has 32 heavy (non-hydrogen) atoms. The van der Waals surface area contributed by atoms with E-state index in [4.69, 9.17) is 9.97 Å². The zero-order chi connectivity index (χ0) is 21.6. The van der Waals surface area contributed by atoms with Crippen LogP contribution in [0, 0.1) is 0 Å². The third kappa shape index (κ3) is 5.16. The van der Waals surface area contributed by atoms with Gasteiger partial charge < -0.3 is 21.3 Å². The molecule has 1 aliphatic heterocycles. The first-order chi connectivity index (χ1) is 15.8. The van der Waals surface area contributed by atoms with Crippen molar-refractivity contribution in [1.29, 1.82) is 0 Å². The smallest absolute Gasteiger partial charge is 0.0598 e. The van der Waals surface area contributed by atoms with Crippen LogP contribution in [-0.4, -0.2) is 9.97 Å². The molecule has 2 aromatic carbocycles. The van der Waals surface area contributed by atoms with E-state index in [0.29, 0.717) is 26.2 Å². The van der Waals surface area contributed by atoms with Crippen LogP contribution in [-0.2, 0) is 26.2 Å². The molecule has 2 aromatic heterocycles. The third-order valence-corrected chi connectivity index (χ3v) is 5.35. The van der Waals surface area contributed by atoms with Gasteiger partial charge in [0.1, 0.15) is 0 Å². The van der Waals surface area contributed by atoms with Crippen LogP contribution >= 0.6 is 0 Å². The van der Waals surface area contributed by atoms with Crippen molar-refractivity contribution in [2.75, 3.05) is 21.3 Å². The highest BCUT2D eigenvalue weighted by molar-refractivity contribution is 5.58. The molecule has 3 heterocycles. The highest BCUT2D eigenvalue weighted by atomic mass is 15.0. The first-order valence-corrected chi connectivity index (χ1v) is 10.9. The van der Waals surface area contributed by atoms with Crippen LogP contribution in [0.4, 0.5) is 22.7 Å². The van der Waals surface area contributed by atoms with Crippen molar-refractivity contribution in [1.82, 2.24) is 9.97 Å². The topological polar surface area (TPSA) is 73.9 Å². The number of nitrogens with one attached hydrogen (secondary N) is 4. The second-order valence-corrected chi connectivity index (χ2v) is 7.82. The molecule has 0 aliphatic carbocycles. The number of hydrogen-bond donors (Lipinski definition) is 4. The number of hydrogen-bond acceptors (Lipinski definition) is 6. The van der Waals surface area contributed by atoms with Gasteiger partial charge >= 0.3 is 0 Å². The number of rotatable bonds is 0.